The smallest absolute Gasteiger partial charge is 0.319 e. The molecule has 1 aromatic heterocycles. The number of imidazole rings is 1. The number of aliphatic hydroxyl groups is 1. The van der Waals surface area contributed by atoms with Crippen LogP contribution in [0.15, 0.2) is 36.7 Å². The van der Waals surface area contributed by atoms with Crippen molar-refractivity contribution >= 4 is 11.7 Å². The highest BCUT2D eigenvalue weighted by Crippen LogP contribution is 2.21. The molecule has 0 unspecified atom stereocenters. The standard InChI is InChI=1S/C18H26N4O2/c1-18(2,13-23)8-5-9-20-17(24)21-15-7-4-6-14(12-15)16-19-10-11-22(16)3/h4,6-7,10-12,23H,5,8-9,13H2,1-3H3,(H2,20,21,24). The monoisotopic (exact) mass is 330 g/mol. The number of rotatable bonds is 7. The van der Waals surface area contributed by atoms with Crippen LogP contribution in [0.2, 0.25) is 0 Å². The van der Waals surface area contributed by atoms with Gasteiger partial charge in [0.1, 0.15) is 5.82 Å². The number of amides is 2. The predicted octanol–water partition coefficient (Wildman–Crippen LogP) is 3.01. The van der Waals surface area contributed by atoms with Gasteiger partial charge < -0.3 is 20.3 Å². The Bertz CT molecular complexity index is 679. The molecule has 0 radical (unpaired) electrons. The van der Waals surface area contributed by atoms with E-state index in [9.17, 15) is 9.90 Å². The molecule has 1 heterocycles. The number of anilines is 1. The molecule has 2 rings (SSSR count). The summed E-state index contributed by atoms with van der Waals surface area (Å²) < 4.78 is 1.93. The maximum Gasteiger partial charge on any atom is 0.319 e. The van der Waals surface area contributed by atoms with Crippen molar-refractivity contribution in [1.29, 1.82) is 0 Å². The van der Waals surface area contributed by atoms with Gasteiger partial charge >= 0.3 is 6.03 Å². The van der Waals surface area contributed by atoms with Gasteiger partial charge in [-0.2, -0.15) is 0 Å². The lowest BCUT2D eigenvalue weighted by atomic mass is 9.89. The van der Waals surface area contributed by atoms with Crippen molar-refractivity contribution in [2.75, 3.05) is 18.5 Å². The van der Waals surface area contributed by atoms with Crippen LogP contribution in [0, 0.1) is 5.41 Å². The highest BCUT2D eigenvalue weighted by molar-refractivity contribution is 5.89. The Balaban J connectivity index is 1.85. The molecule has 24 heavy (non-hydrogen) atoms. The molecule has 0 bridgehead atoms. The van der Waals surface area contributed by atoms with E-state index in [-0.39, 0.29) is 18.1 Å². The molecule has 0 saturated carbocycles. The van der Waals surface area contributed by atoms with Crippen LogP contribution in [0.4, 0.5) is 10.5 Å². The number of hydrogen-bond acceptors (Lipinski definition) is 3. The van der Waals surface area contributed by atoms with E-state index in [1.807, 2.05) is 55.9 Å². The fourth-order valence-electron chi connectivity index (χ4n) is 2.40. The van der Waals surface area contributed by atoms with Gasteiger partial charge in [-0.25, -0.2) is 9.78 Å². The minimum atomic E-state index is -0.228. The number of aryl methyl sites for hydroxylation is 1. The maximum atomic E-state index is 12.0. The molecule has 0 fully saturated rings. The zero-order valence-corrected chi connectivity index (χ0v) is 14.5. The van der Waals surface area contributed by atoms with E-state index in [0.717, 1.165) is 29.9 Å². The molecule has 6 nitrogen and oxygen atoms in total. The number of carbonyl (C=O) groups excluding carboxylic acids is 1. The number of carbonyl (C=O) groups is 1. The van der Waals surface area contributed by atoms with Gasteiger partial charge in [0.15, 0.2) is 0 Å². The van der Waals surface area contributed by atoms with Crippen molar-refractivity contribution in [3.63, 3.8) is 0 Å². The number of nitrogens with zero attached hydrogens (tertiary/aromatic N) is 2. The zero-order chi connectivity index (χ0) is 17.6. The number of urea groups is 1. The highest BCUT2D eigenvalue weighted by atomic mass is 16.3. The van der Waals surface area contributed by atoms with E-state index in [4.69, 9.17) is 0 Å². The molecule has 0 atom stereocenters. The second-order valence-corrected chi connectivity index (χ2v) is 6.75. The summed E-state index contributed by atoms with van der Waals surface area (Å²) in [5.41, 5.74) is 1.57. The van der Waals surface area contributed by atoms with E-state index in [1.54, 1.807) is 6.20 Å². The molecule has 0 aliphatic rings. The quantitative estimate of drug-likeness (QED) is 0.683. The van der Waals surface area contributed by atoms with E-state index >= 15 is 0 Å². The van der Waals surface area contributed by atoms with Gasteiger partial charge in [-0.15, -0.1) is 0 Å². The Labute approximate surface area is 142 Å². The summed E-state index contributed by atoms with van der Waals surface area (Å²) in [5, 5.41) is 14.9. The van der Waals surface area contributed by atoms with Gasteiger partial charge in [0.2, 0.25) is 0 Å². The predicted molar refractivity (Wildman–Crippen MR) is 95.8 cm³/mol. The van der Waals surface area contributed by atoms with Crippen molar-refractivity contribution in [3.05, 3.63) is 36.7 Å². The topological polar surface area (TPSA) is 79.2 Å². The Morgan fingerprint density at radius 3 is 2.83 bits per heavy atom. The van der Waals surface area contributed by atoms with Gasteiger partial charge in [0.05, 0.1) is 0 Å². The fraction of sp³-hybridized carbons (Fsp3) is 0.444. The van der Waals surface area contributed by atoms with E-state index < -0.39 is 0 Å². The summed E-state index contributed by atoms with van der Waals surface area (Å²) in [4.78, 5) is 16.3. The lowest BCUT2D eigenvalue weighted by Crippen LogP contribution is -2.30. The molecular weight excluding hydrogens is 304 g/mol. The Morgan fingerprint density at radius 1 is 1.38 bits per heavy atom. The van der Waals surface area contributed by atoms with Gasteiger partial charge in [-0.1, -0.05) is 26.0 Å². The number of aromatic nitrogens is 2. The molecule has 6 heteroatoms. The molecule has 0 saturated heterocycles. The van der Waals surface area contributed by atoms with Crippen molar-refractivity contribution in [2.24, 2.45) is 12.5 Å². The van der Waals surface area contributed by atoms with Crippen LogP contribution < -0.4 is 10.6 Å². The SMILES string of the molecule is Cn1ccnc1-c1cccc(NC(=O)NCCCC(C)(C)CO)c1. The normalized spacial score (nSPS) is 11.3. The van der Waals surface area contributed by atoms with Crippen molar-refractivity contribution in [2.45, 2.75) is 26.7 Å². The number of hydrogen-bond donors (Lipinski definition) is 3. The van der Waals surface area contributed by atoms with Gasteiger partial charge in [0.25, 0.3) is 0 Å². The van der Waals surface area contributed by atoms with Crippen molar-refractivity contribution < 1.29 is 9.90 Å². The number of benzene rings is 1. The third-order valence-electron chi connectivity index (χ3n) is 3.94. The van der Waals surface area contributed by atoms with E-state index in [0.29, 0.717) is 6.54 Å². The summed E-state index contributed by atoms with van der Waals surface area (Å²) in [7, 11) is 1.93. The first-order chi connectivity index (χ1) is 11.4. The average Bonchev–Trinajstić information content (AvgIpc) is 2.98. The summed E-state index contributed by atoms with van der Waals surface area (Å²) in [6.07, 6.45) is 5.32. The second kappa shape index (κ2) is 7.97. The average molecular weight is 330 g/mol. The van der Waals surface area contributed by atoms with Gasteiger partial charge in [-0.05, 0) is 30.4 Å². The van der Waals surface area contributed by atoms with Crippen LogP contribution >= 0.6 is 0 Å². The molecule has 1 aromatic carbocycles. The van der Waals surface area contributed by atoms with Crippen LogP contribution in [0.3, 0.4) is 0 Å². The molecular formula is C18H26N4O2. The van der Waals surface area contributed by atoms with E-state index in [2.05, 4.69) is 15.6 Å². The molecule has 0 spiro atoms. The second-order valence-electron chi connectivity index (χ2n) is 6.75. The van der Waals surface area contributed by atoms with Gasteiger partial charge in [-0.3, -0.25) is 0 Å². The summed E-state index contributed by atoms with van der Waals surface area (Å²) in [5.74, 6) is 0.852. The van der Waals surface area contributed by atoms with Crippen LogP contribution in [0.1, 0.15) is 26.7 Å². The number of nitrogens with one attached hydrogen (secondary N) is 2. The first-order valence-corrected chi connectivity index (χ1v) is 8.15. The molecule has 3 N–H and O–H groups in total. The highest BCUT2D eigenvalue weighted by Gasteiger charge is 2.15. The van der Waals surface area contributed by atoms with Crippen LogP contribution in [0.25, 0.3) is 11.4 Å². The lowest BCUT2D eigenvalue weighted by Gasteiger charge is -2.21. The molecule has 130 valence electrons. The minimum absolute atomic E-state index is 0.103. The third-order valence-corrected chi connectivity index (χ3v) is 3.94. The largest absolute Gasteiger partial charge is 0.396 e. The van der Waals surface area contributed by atoms with Crippen LogP contribution in [0.5, 0.6) is 0 Å². The lowest BCUT2D eigenvalue weighted by molar-refractivity contribution is 0.148. The molecule has 0 aliphatic carbocycles. The van der Waals surface area contributed by atoms with Crippen LogP contribution in [-0.2, 0) is 7.05 Å². The summed E-state index contributed by atoms with van der Waals surface area (Å²) in [6, 6.07) is 7.37. The summed E-state index contributed by atoms with van der Waals surface area (Å²) in [6.45, 7) is 4.75. The minimum Gasteiger partial charge on any atom is -0.396 e. The molecule has 2 aromatic rings. The van der Waals surface area contributed by atoms with Crippen LogP contribution in [-0.4, -0.2) is 33.8 Å². The number of aliphatic hydroxyl groups excluding tert-OH is 1. The van der Waals surface area contributed by atoms with Gasteiger partial charge in [0, 0.05) is 43.8 Å². The zero-order valence-electron chi connectivity index (χ0n) is 14.5. The Morgan fingerprint density at radius 2 is 2.17 bits per heavy atom. The first kappa shape index (κ1) is 18.0. The summed E-state index contributed by atoms with van der Waals surface area (Å²) >= 11 is 0. The van der Waals surface area contributed by atoms with Crippen molar-refractivity contribution in [3.8, 4) is 11.4 Å². The Kier molecular flexibility index (Phi) is 5.98. The molecule has 0 aliphatic heterocycles. The van der Waals surface area contributed by atoms with E-state index in [1.165, 1.54) is 0 Å². The fourth-order valence-corrected chi connectivity index (χ4v) is 2.40. The molecule has 2 amide bonds. The Hall–Kier alpha value is -2.34. The first-order valence-electron chi connectivity index (χ1n) is 8.15. The third kappa shape index (κ3) is 5.09. The maximum absolute atomic E-state index is 12.0. The van der Waals surface area contributed by atoms with Crippen molar-refractivity contribution in [1.82, 2.24) is 14.9 Å².